The van der Waals surface area contributed by atoms with Crippen LogP contribution in [0.25, 0.3) is 0 Å². The SMILES string of the molecule is C=CCNC(=O)NC(=O)CN(C)CC(=O)OCC. The molecule has 0 aliphatic carbocycles. The summed E-state index contributed by atoms with van der Waals surface area (Å²) >= 11 is 0. The summed E-state index contributed by atoms with van der Waals surface area (Å²) in [5.41, 5.74) is 0. The lowest BCUT2D eigenvalue weighted by molar-refractivity contribution is -0.144. The second-order valence-corrected chi connectivity index (χ2v) is 3.52. The van der Waals surface area contributed by atoms with Gasteiger partial charge in [-0.25, -0.2) is 4.79 Å². The molecule has 0 aromatic carbocycles. The molecule has 0 aliphatic heterocycles. The molecule has 0 aromatic rings. The molecule has 7 nitrogen and oxygen atoms in total. The van der Waals surface area contributed by atoms with Gasteiger partial charge in [0.1, 0.15) is 0 Å². The van der Waals surface area contributed by atoms with Gasteiger partial charge in [-0.15, -0.1) is 6.58 Å². The average Bonchev–Trinajstić information content (AvgIpc) is 2.25. The van der Waals surface area contributed by atoms with Gasteiger partial charge in [-0.1, -0.05) is 6.08 Å². The van der Waals surface area contributed by atoms with Crippen molar-refractivity contribution in [2.45, 2.75) is 6.92 Å². The summed E-state index contributed by atoms with van der Waals surface area (Å²) < 4.78 is 4.73. The van der Waals surface area contributed by atoms with E-state index in [-0.39, 0.29) is 19.6 Å². The summed E-state index contributed by atoms with van der Waals surface area (Å²) in [4.78, 5) is 35.1. The maximum Gasteiger partial charge on any atom is 0.321 e. The molecule has 18 heavy (non-hydrogen) atoms. The zero-order chi connectivity index (χ0) is 14.0. The van der Waals surface area contributed by atoms with Gasteiger partial charge in [-0.3, -0.25) is 19.8 Å². The molecule has 0 saturated carbocycles. The number of amides is 3. The molecule has 2 N–H and O–H groups in total. The van der Waals surface area contributed by atoms with Crippen molar-refractivity contribution >= 4 is 17.9 Å². The van der Waals surface area contributed by atoms with Gasteiger partial charge < -0.3 is 10.1 Å². The van der Waals surface area contributed by atoms with Crippen LogP contribution in [0.4, 0.5) is 4.79 Å². The Bertz CT molecular complexity index is 317. The van der Waals surface area contributed by atoms with Crippen molar-refractivity contribution in [1.29, 1.82) is 0 Å². The van der Waals surface area contributed by atoms with Gasteiger partial charge in [0, 0.05) is 6.54 Å². The smallest absolute Gasteiger partial charge is 0.321 e. The molecule has 3 amide bonds. The third-order valence-electron chi connectivity index (χ3n) is 1.78. The van der Waals surface area contributed by atoms with Crippen molar-refractivity contribution in [2.24, 2.45) is 0 Å². The van der Waals surface area contributed by atoms with Gasteiger partial charge in [-0.05, 0) is 14.0 Å². The van der Waals surface area contributed by atoms with Gasteiger partial charge in [0.15, 0.2) is 0 Å². The Morgan fingerprint density at radius 3 is 2.56 bits per heavy atom. The summed E-state index contributed by atoms with van der Waals surface area (Å²) in [6.07, 6.45) is 1.50. The highest BCUT2D eigenvalue weighted by atomic mass is 16.5. The van der Waals surface area contributed by atoms with Crippen LogP contribution < -0.4 is 10.6 Å². The van der Waals surface area contributed by atoms with Crippen molar-refractivity contribution in [2.75, 3.05) is 33.3 Å². The first-order valence-corrected chi connectivity index (χ1v) is 5.52. The first-order chi connectivity index (χ1) is 8.49. The van der Waals surface area contributed by atoms with Crippen molar-refractivity contribution < 1.29 is 19.1 Å². The van der Waals surface area contributed by atoms with E-state index in [9.17, 15) is 14.4 Å². The van der Waals surface area contributed by atoms with Crippen LogP contribution in [-0.4, -0.2) is 56.1 Å². The molecule has 0 aromatic heterocycles. The average molecular weight is 257 g/mol. The van der Waals surface area contributed by atoms with E-state index in [4.69, 9.17) is 4.74 Å². The van der Waals surface area contributed by atoms with Gasteiger partial charge in [0.05, 0.1) is 19.7 Å². The molecule has 0 saturated heterocycles. The Balaban J connectivity index is 3.89. The van der Waals surface area contributed by atoms with Crippen LogP contribution in [0.3, 0.4) is 0 Å². The monoisotopic (exact) mass is 257 g/mol. The summed E-state index contributed by atoms with van der Waals surface area (Å²) in [6, 6.07) is -0.593. The standard InChI is InChI=1S/C11H19N3O4/c1-4-6-12-11(17)13-9(15)7-14(3)8-10(16)18-5-2/h4H,1,5-8H2,2-3H3,(H2,12,13,15,17). The second kappa shape index (κ2) is 9.17. The van der Waals surface area contributed by atoms with Gasteiger partial charge in [0.2, 0.25) is 5.91 Å². The van der Waals surface area contributed by atoms with E-state index in [1.165, 1.54) is 11.0 Å². The zero-order valence-corrected chi connectivity index (χ0v) is 10.7. The largest absolute Gasteiger partial charge is 0.465 e. The molecular formula is C11H19N3O4. The fourth-order valence-electron chi connectivity index (χ4n) is 1.10. The Hall–Kier alpha value is -1.89. The van der Waals surface area contributed by atoms with E-state index in [2.05, 4.69) is 17.2 Å². The molecule has 0 heterocycles. The lowest BCUT2D eigenvalue weighted by Crippen LogP contribution is -2.44. The summed E-state index contributed by atoms with van der Waals surface area (Å²) in [5.74, 6) is -0.910. The molecule has 7 heteroatoms. The highest BCUT2D eigenvalue weighted by Crippen LogP contribution is 1.86. The third-order valence-corrected chi connectivity index (χ3v) is 1.78. The topological polar surface area (TPSA) is 87.7 Å². The Kier molecular flexibility index (Phi) is 8.21. The Morgan fingerprint density at radius 1 is 1.33 bits per heavy atom. The highest BCUT2D eigenvalue weighted by molar-refractivity contribution is 5.95. The van der Waals surface area contributed by atoms with Crippen molar-refractivity contribution in [1.82, 2.24) is 15.5 Å². The van der Waals surface area contributed by atoms with E-state index in [0.29, 0.717) is 6.61 Å². The Labute approximate surface area is 106 Å². The number of nitrogens with one attached hydrogen (secondary N) is 2. The molecule has 0 aliphatic rings. The number of esters is 1. The van der Waals surface area contributed by atoms with Crippen molar-refractivity contribution in [3.8, 4) is 0 Å². The molecule has 102 valence electrons. The number of hydrogen-bond donors (Lipinski definition) is 2. The van der Waals surface area contributed by atoms with Crippen LogP contribution in [-0.2, 0) is 14.3 Å². The number of nitrogens with zero attached hydrogens (tertiary/aromatic N) is 1. The minimum atomic E-state index is -0.593. The zero-order valence-electron chi connectivity index (χ0n) is 10.7. The summed E-state index contributed by atoms with van der Waals surface area (Å²) in [7, 11) is 1.58. The predicted octanol–water partition coefficient (Wildman–Crippen LogP) is -0.507. The molecule has 0 fully saturated rings. The van der Waals surface area contributed by atoms with Crippen LogP contribution in [0.2, 0.25) is 0 Å². The Morgan fingerprint density at radius 2 is 2.00 bits per heavy atom. The number of imide groups is 1. The first-order valence-electron chi connectivity index (χ1n) is 5.52. The molecule has 0 atom stereocenters. The highest BCUT2D eigenvalue weighted by Gasteiger charge is 2.12. The van der Waals surface area contributed by atoms with Crippen LogP contribution in [0.5, 0.6) is 0 Å². The fourth-order valence-corrected chi connectivity index (χ4v) is 1.10. The minimum Gasteiger partial charge on any atom is -0.465 e. The first kappa shape index (κ1) is 16.1. The molecular weight excluding hydrogens is 238 g/mol. The van der Waals surface area contributed by atoms with E-state index >= 15 is 0 Å². The van der Waals surface area contributed by atoms with Gasteiger partial charge in [-0.2, -0.15) is 0 Å². The van der Waals surface area contributed by atoms with Crippen LogP contribution in [0.1, 0.15) is 6.92 Å². The number of hydrogen-bond acceptors (Lipinski definition) is 5. The molecule has 0 spiro atoms. The van der Waals surface area contributed by atoms with E-state index in [1.54, 1.807) is 14.0 Å². The number of ether oxygens (including phenoxy) is 1. The fraction of sp³-hybridized carbons (Fsp3) is 0.545. The number of rotatable bonds is 7. The van der Waals surface area contributed by atoms with Crippen LogP contribution in [0.15, 0.2) is 12.7 Å². The van der Waals surface area contributed by atoms with Crippen molar-refractivity contribution in [3.63, 3.8) is 0 Å². The number of urea groups is 1. The molecule has 0 unspecified atom stereocenters. The quantitative estimate of drug-likeness (QED) is 0.474. The number of carbonyl (C=O) groups excluding carboxylic acids is 3. The van der Waals surface area contributed by atoms with Crippen molar-refractivity contribution in [3.05, 3.63) is 12.7 Å². The molecule has 0 rings (SSSR count). The maximum atomic E-state index is 11.4. The van der Waals surface area contributed by atoms with Crippen LogP contribution >= 0.6 is 0 Å². The van der Waals surface area contributed by atoms with E-state index < -0.39 is 17.9 Å². The van der Waals surface area contributed by atoms with Gasteiger partial charge >= 0.3 is 12.0 Å². The lowest BCUT2D eigenvalue weighted by atomic mass is 10.5. The molecule has 0 radical (unpaired) electrons. The second-order valence-electron chi connectivity index (χ2n) is 3.52. The van der Waals surface area contributed by atoms with E-state index in [0.717, 1.165) is 0 Å². The number of carbonyl (C=O) groups is 3. The van der Waals surface area contributed by atoms with Crippen LogP contribution in [0, 0.1) is 0 Å². The van der Waals surface area contributed by atoms with Gasteiger partial charge in [0.25, 0.3) is 0 Å². The molecule has 0 bridgehead atoms. The summed E-state index contributed by atoms with van der Waals surface area (Å²) in [5, 5.41) is 4.52. The number of likely N-dealkylation sites (N-methyl/N-ethyl adjacent to an activating group) is 1. The minimum absolute atomic E-state index is 0.00443. The maximum absolute atomic E-state index is 11.4. The van der Waals surface area contributed by atoms with E-state index in [1.807, 2.05) is 0 Å². The third kappa shape index (κ3) is 8.28. The summed E-state index contributed by atoms with van der Waals surface area (Å²) in [6.45, 7) is 5.62. The normalized spacial score (nSPS) is 9.72. The predicted molar refractivity (Wildman–Crippen MR) is 65.9 cm³/mol. The lowest BCUT2D eigenvalue weighted by Gasteiger charge is -2.14.